The van der Waals surface area contributed by atoms with E-state index in [-0.39, 0.29) is 16.1 Å². The second-order valence-electron chi connectivity index (χ2n) is 6.39. The molecule has 3 rings (SSSR count). The van der Waals surface area contributed by atoms with Crippen LogP contribution in [-0.2, 0) is 0 Å². The molecule has 0 radical (unpaired) electrons. The summed E-state index contributed by atoms with van der Waals surface area (Å²) in [4.78, 5) is 25.4. The third-order valence-corrected chi connectivity index (χ3v) is 5.50. The Balaban J connectivity index is 3.02. The van der Waals surface area contributed by atoms with Crippen LogP contribution in [0.15, 0.2) is 9.59 Å². The fourth-order valence-corrected chi connectivity index (χ4v) is 3.69. The predicted octanol–water partition coefficient (Wildman–Crippen LogP) is 3.13. The molecular weight excluding hydrogens is 272 g/mol. The molecule has 0 spiro atoms. The van der Waals surface area contributed by atoms with Crippen LogP contribution in [0.2, 0.25) is 0 Å². The maximum absolute atomic E-state index is 12.7. The molecule has 0 amide bonds. The Morgan fingerprint density at radius 1 is 0.500 bits per heavy atom. The van der Waals surface area contributed by atoms with Crippen molar-refractivity contribution >= 4 is 28.1 Å². The first-order chi connectivity index (χ1) is 10.2. The number of benzene rings is 3. The second-order valence-corrected chi connectivity index (χ2v) is 6.39. The van der Waals surface area contributed by atoms with Crippen molar-refractivity contribution in [2.24, 2.45) is 0 Å². The molecule has 0 aromatic heterocycles. The summed E-state index contributed by atoms with van der Waals surface area (Å²) in [6.45, 7) is 15.9. The molecule has 0 fully saturated rings. The number of rotatable bonds is 0. The third kappa shape index (κ3) is 1.50. The molecule has 0 saturated carbocycles. The van der Waals surface area contributed by atoms with Crippen LogP contribution in [0.25, 0.3) is 28.1 Å². The van der Waals surface area contributed by atoms with Crippen molar-refractivity contribution in [2.45, 2.75) is 41.5 Å². The van der Waals surface area contributed by atoms with Gasteiger partial charge in [-0.15, -0.1) is 0 Å². The molecule has 3 aromatic carbocycles. The SMILES string of the molecule is C=c1c(=O)c2c(C)c(C)c(C)c3c(C)c(C)c(C)c(c1=O)c32. The van der Waals surface area contributed by atoms with Crippen molar-refractivity contribution in [3.05, 3.63) is 59.0 Å². The lowest BCUT2D eigenvalue weighted by atomic mass is 9.83. The highest BCUT2D eigenvalue weighted by molar-refractivity contribution is 6.15. The molecule has 0 aliphatic carbocycles. The van der Waals surface area contributed by atoms with E-state index in [4.69, 9.17) is 0 Å². The zero-order chi connectivity index (χ0) is 16.5. The van der Waals surface area contributed by atoms with E-state index in [0.717, 1.165) is 44.2 Å². The van der Waals surface area contributed by atoms with E-state index >= 15 is 0 Å². The number of aryl methyl sites for hydroxylation is 4. The highest BCUT2D eigenvalue weighted by atomic mass is 16.1. The first-order valence-electron chi connectivity index (χ1n) is 7.51. The van der Waals surface area contributed by atoms with Gasteiger partial charge in [-0.05, 0) is 80.3 Å². The maximum Gasteiger partial charge on any atom is 0.197 e. The monoisotopic (exact) mass is 292 g/mol. The Morgan fingerprint density at radius 2 is 0.818 bits per heavy atom. The Bertz CT molecular complexity index is 1040. The van der Waals surface area contributed by atoms with Gasteiger partial charge in [-0.3, -0.25) is 9.59 Å². The van der Waals surface area contributed by atoms with Crippen molar-refractivity contribution in [1.82, 2.24) is 0 Å². The molecule has 2 nitrogen and oxygen atoms in total. The molecule has 0 N–H and O–H groups in total. The largest absolute Gasteiger partial charge is 0.288 e. The summed E-state index contributed by atoms with van der Waals surface area (Å²) in [6.07, 6.45) is 0. The van der Waals surface area contributed by atoms with Gasteiger partial charge in [0.05, 0.1) is 5.22 Å². The lowest BCUT2D eigenvalue weighted by molar-refractivity contribution is 1.26. The van der Waals surface area contributed by atoms with Crippen LogP contribution in [0.4, 0.5) is 0 Å². The summed E-state index contributed by atoms with van der Waals surface area (Å²) < 4.78 is 0. The van der Waals surface area contributed by atoms with Crippen molar-refractivity contribution in [2.75, 3.05) is 0 Å². The molecular formula is C20H20O2. The lowest BCUT2D eigenvalue weighted by Crippen LogP contribution is -2.38. The number of hydrogen-bond acceptors (Lipinski definition) is 2. The number of hydrogen-bond donors (Lipinski definition) is 0. The fourth-order valence-electron chi connectivity index (χ4n) is 3.69. The Hall–Kier alpha value is -2.22. The topological polar surface area (TPSA) is 34.1 Å². The van der Waals surface area contributed by atoms with E-state index in [1.807, 2.05) is 27.7 Å². The van der Waals surface area contributed by atoms with Crippen LogP contribution in [0, 0.1) is 41.5 Å². The third-order valence-electron chi connectivity index (χ3n) is 5.50. The standard InChI is InChI=1S/C20H20O2/c1-8-10(3)15-11(4)9(2)13(6)17-18(15)16(12(8)5)19(21)14(7)20(17)22/h7H2,1-6H3. The van der Waals surface area contributed by atoms with Gasteiger partial charge in [-0.1, -0.05) is 6.58 Å². The average Bonchev–Trinajstić information content (AvgIpc) is 2.48. The van der Waals surface area contributed by atoms with E-state index < -0.39 is 0 Å². The minimum atomic E-state index is -0.217. The molecule has 0 unspecified atom stereocenters. The Morgan fingerprint density at radius 3 is 1.18 bits per heavy atom. The van der Waals surface area contributed by atoms with Crippen LogP contribution >= 0.6 is 0 Å². The average molecular weight is 292 g/mol. The first kappa shape index (κ1) is 14.7. The molecule has 0 heterocycles. The molecule has 2 heteroatoms. The summed E-state index contributed by atoms with van der Waals surface area (Å²) in [5, 5.41) is 3.33. The maximum atomic E-state index is 12.7. The van der Waals surface area contributed by atoms with Gasteiger partial charge in [0.15, 0.2) is 10.9 Å². The second kappa shape index (κ2) is 4.39. The zero-order valence-corrected chi connectivity index (χ0v) is 14.0. The van der Waals surface area contributed by atoms with Crippen molar-refractivity contribution in [1.29, 1.82) is 0 Å². The van der Waals surface area contributed by atoms with Crippen molar-refractivity contribution < 1.29 is 0 Å². The molecule has 0 bridgehead atoms. The van der Waals surface area contributed by atoms with E-state index in [2.05, 4.69) is 20.4 Å². The minimum absolute atomic E-state index is 0.0894. The van der Waals surface area contributed by atoms with Gasteiger partial charge in [-0.25, -0.2) is 0 Å². The van der Waals surface area contributed by atoms with Gasteiger partial charge < -0.3 is 0 Å². The lowest BCUT2D eigenvalue weighted by Gasteiger charge is -2.19. The molecule has 0 saturated heterocycles. The predicted molar refractivity (Wildman–Crippen MR) is 94.3 cm³/mol. The summed E-state index contributed by atoms with van der Waals surface area (Å²) in [6, 6.07) is 0. The normalized spacial score (nSPS) is 11.7. The fraction of sp³-hybridized carbons (Fsp3) is 0.300. The van der Waals surface area contributed by atoms with Gasteiger partial charge in [-0.2, -0.15) is 0 Å². The molecule has 0 aliphatic rings. The highest BCUT2D eigenvalue weighted by Gasteiger charge is 2.21. The van der Waals surface area contributed by atoms with Gasteiger partial charge in [0, 0.05) is 16.2 Å². The molecule has 3 aromatic rings. The molecule has 0 aliphatic heterocycles. The quantitative estimate of drug-likeness (QED) is 0.638. The van der Waals surface area contributed by atoms with Gasteiger partial charge in [0.2, 0.25) is 0 Å². The van der Waals surface area contributed by atoms with Gasteiger partial charge in [0.1, 0.15) is 0 Å². The molecule has 112 valence electrons. The Kier molecular flexibility index (Phi) is 2.93. The van der Waals surface area contributed by atoms with Crippen LogP contribution < -0.4 is 16.1 Å². The van der Waals surface area contributed by atoms with Gasteiger partial charge >= 0.3 is 0 Å². The van der Waals surface area contributed by atoms with E-state index in [1.54, 1.807) is 0 Å². The summed E-state index contributed by atoms with van der Waals surface area (Å²) in [5.41, 5.74) is 6.06. The van der Waals surface area contributed by atoms with E-state index in [0.29, 0.717) is 10.8 Å². The smallest absolute Gasteiger partial charge is 0.197 e. The van der Waals surface area contributed by atoms with Gasteiger partial charge in [0.25, 0.3) is 0 Å². The summed E-state index contributed by atoms with van der Waals surface area (Å²) >= 11 is 0. The highest BCUT2D eigenvalue weighted by Crippen LogP contribution is 2.36. The van der Waals surface area contributed by atoms with Crippen LogP contribution in [-0.4, -0.2) is 0 Å². The van der Waals surface area contributed by atoms with Crippen molar-refractivity contribution in [3.63, 3.8) is 0 Å². The minimum Gasteiger partial charge on any atom is -0.288 e. The summed E-state index contributed by atoms with van der Waals surface area (Å²) in [5.74, 6) is 0. The van der Waals surface area contributed by atoms with E-state index in [1.165, 1.54) is 0 Å². The van der Waals surface area contributed by atoms with E-state index in [9.17, 15) is 9.59 Å². The molecule has 22 heavy (non-hydrogen) atoms. The van der Waals surface area contributed by atoms with Crippen LogP contribution in [0.3, 0.4) is 0 Å². The van der Waals surface area contributed by atoms with Crippen LogP contribution in [0.1, 0.15) is 33.4 Å². The van der Waals surface area contributed by atoms with Crippen LogP contribution in [0.5, 0.6) is 0 Å². The summed E-state index contributed by atoms with van der Waals surface area (Å²) in [7, 11) is 0. The zero-order valence-electron chi connectivity index (χ0n) is 14.0. The Labute approximate surface area is 129 Å². The molecule has 0 atom stereocenters. The van der Waals surface area contributed by atoms with Crippen molar-refractivity contribution in [3.8, 4) is 0 Å². The first-order valence-corrected chi connectivity index (χ1v) is 7.51.